The Labute approximate surface area is 222 Å². The van der Waals surface area contributed by atoms with Crippen molar-refractivity contribution in [3.8, 4) is 0 Å². The minimum absolute atomic E-state index is 0. The van der Waals surface area contributed by atoms with E-state index < -0.39 is 8.24 Å². The Kier molecular flexibility index (Phi) is 12.8. The quantitative estimate of drug-likeness (QED) is 0.276. The minimum Gasteiger partial charge on any atom is -0.668 e. The van der Waals surface area contributed by atoms with Crippen LogP contribution in [0.2, 0.25) is 0 Å². The molecule has 34 heavy (non-hydrogen) atoms. The molecular formula is C29H38MoN3Si. The number of hydrogen-bond acceptors (Lipinski definition) is 1. The van der Waals surface area contributed by atoms with Crippen LogP contribution < -0.4 is 20.5 Å². The summed E-state index contributed by atoms with van der Waals surface area (Å²) in [6.45, 7) is 6.80. The summed E-state index contributed by atoms with van der Waals surface area (Å²) < 4.78 is 0. The molecule has 5 heteroatoms. The summed E-state index contributed by atoms with van der Waals surface area (Å²) in [7, 11) is 4.61. The third-order valence-electron chi connectivity index (χ3n) is 5.03. The molecule has 179 valence electrons. The summed E-state index contributed by atoms with van der Waals surface area (Å²) in [5, 5.41) is 13.8. The monoisotopic (exact) mass is 554 g/mol. The van der Waals surface area contributed by atoms with E-state index in [-0.39, 0.29) is 26.6 Å². The van der Waals surface area contributed by atoms with Crippen LogP contribution in [0.25, 0.3) is 21.4 Å². The Morgan fingerprint density at radius 3 is 1.50 bits per heavy atom. The van der Waals surface area contributed by atoms with Crippen LogP contribution in [0.4, 0.5) is 0 Å². The summed E-state index contributed by atoms with van der Waals surface area (Å²) in [5.74, 6) is 0. The standard InChI is InChI=1S/C25H26NSi.2C2H6N.Mo/c1-25(2,3)26-27(22-14-6-4-7-15-22,23-16-8-5-9-17-23)24-18-20-12-10-11-13-21(20)19-24;2*1-3-2;/h4-19,26H,1-3H3;2*1-2H3;/q3*-1;+3. The topological polar surface area (TPSA) is 40.2 Å². The first kappa shape index (κ1) is 30.1. The van der Waals surface area contributed by atoms with Crippen LogP contribution in [0.3, 0.4) is 0 Å². The van der Waals surface area contributed by atoms with Gasteiger partial charge in [-0.25, -0.2) is 0 Å². The molecule has 0 unspecified atom stereocenters. The second kappa shape index (κ2) is 14.5. The molecular weight excluding hydrogens is 514 g/mol. The van der Waals surface area contributed by atoms with E-state index >= 15 is 0 Å². The van der Waals surface area contributed by atoms with Crippen molar-refractivity contribution in [2.24, 2.45) is 0 Å². The van der Waals surface area contributed by atoms with Gasteiger partial charge in [0.25, 0.3) is 0 Å². The third kappa shape index (κ3) is 7.79. The van der Waals surface area contributed by atoms with Crippen molar-refractivity contribution in [1.82, 2.24) is 4.98 Å². The van der Waals surface area contributed by atoms with Gasteiger partial charge in [0.15, 0.2) is 0 Å². The van der Waals surface area contributed by atoms with E-state index in [1.165, 1.54) is 26.3 Å². The van der Waals surface area contributed by atoms with Crippen molar-refractivity contribution in [2.75, 3.05) is 28.2 Å². The van der Waals surface area contributed by atoms with Gasteiger partial charge in [-0.2, -0.15) is 39.6 Å². The second-order valence-electron chi connectivity index (χ2n) is 9.12. The van der Waals surface area contributed by atoms with Crippen molar-refractivity contribution in [1.29, 1.82) is 0 Å². The average Bonchev–Trinajstić information content (AvgIpc) is 3.24. The molecule has 4 aromatic carbocycles. The van der Waals surface area contributed by atoms with E-state index in [0.717, 1.165) is 0 Å². The van der Waals surface area contributed by atoms with Crippen LogP contribution in [0.1, 0.15) is 20.8 Å². The van der Waals surface area contributed by atoms with Crippen LogP contribution >= 0.6 is 0 Å². The molecule has 0 heterocycles. The summed E-state index contributed by atoms with van der Waals surface area (Å²) in [5.41, 5.74) is -0.0125. The first-order chi connectivity index (χ1) is 15.8. The normalized spacial score (nSPS) is 10.9. The molecule has 0 fully saturated rings. The molecule has 0 aliphatic rings. The Balaban J connectivity index is 0.000000751. The smallest absolute Gasteiger partial charge is 0.668 e. The molecule has 1 N–H and O–H groups in total. The van der Waals surface area contributed by atoms with Crippen LogP contribution in [0.5, 0.6) is 0 Å². The first-order valence-corrected chi connectivity index (χ1v) is 13.3. The zero-order valence-corrected chi connectivity index (χ0v) is 24.5. The SMILES string of the molecule is CC(C)(C)N[Si](c1ccccc1)(c1ccccc1)c1cc2ccccc2[cH-]1.C[N-]C.C[N-]C.[Mo+3]. The van der Waals surface area contributed by atoms with Crippen molar-refractivity contribution in [3.63, 3.8) is 0 Å². The van der Waals surface area contributed by atoms with Crippen LogP contribution in [0, 0.1) is 0 Å². The molecule has 0 saturated carbocycles. The molecule has 0 atom stereocenters. The molecule has 3 nitrogen and oxygen atoms in total. The summed E-state index contributed by atoms with van der Waals surface area (Å²) in [6.07, 6.45) is 0. The van der Waals surface area contributed by atoms with E-state index in [0.29, 0.717) is 0 Å². The number of benzene rings is 3. The van der Waals surface area contributed by atoms with Gasteiger partial charge in [-0.1, -0.05) is 66.7 Å². The van der Waals surface area contributed by atoms with Gasteiger partial charge < -0.3 is 15.6 Å². The predicted molar refractivity (Wildman–Crippen MR) is 150 cm³/mol. The molecule has 4 aromatic rings. The molecule has 4 rings (SSSR count). The van der Waals surface area contributed by atoms with E-state index in [4.69, 9.17) is 0 Å². The molecule has 0 aromatic heterocycles. The van der Waals surface area contributed by atoms with Crippen LogP contribution in [-0.4, -0.2) is 42.0 Å². The van der Waals surface area contributed by atoms with Gasteiger partial charge in [0.2, 0.25) is 8.24 Å². The third-order valence-corrected chi connectivity index (χ3v) is 9.71. The van der Waals surface area contributed by atoms with E-state index in [1.807, 2.05) is 0 Å². The summed E-state index contributed by atoms with van der Waals surface area (Å²) in [6, 6.07) is 35.4. The first-order valence-electron chi connectivity index (χ1n) is 11.3. The molecule has 0 aliphatic carbocycles. The molecule has 0 bridgehead atoms. The van der Waals surface area contributed by atoms with Crippen molar-refractivity contribution in [2.45, 2.75) is 26.3 Å². The van der Waals surface area contributed by atoms with E-state index in [2.05, 4.69) is 133 Å². The van der Waals surface area contributed by atoms with Gasteiger partial charge in [0, 0.05) is 5.54 Å². The minimum atomic E-state index is -2.39. The maximum Gasteiger partial charge on any atom is 3.00 e. The Morgan fingerprint density at radius 1 is 0.676 bits per heavy atom. The van der Waals surface area contributed by atoms with Gasteiger partial charge in [-0.05, 0) is 31.1 Å². The molecule has 0 spiro atoms. The van der Waals surface area contributed by atoms with Gasteiger partial charge in [-0.3, -0.25) is 0 Å². The van der Waals surface area contributed by atoms with Gasteiger partial charge in [0.05, 0.1) is 0 Å². The second-order valence-corrected chi connectivity index (χ2v) is 12.6. The van der Waals surface area contributed by atoms with Gasteiger partial charge >= 0.3 is 21.1 Å². The fourth-order valence-corrected chi connectivity index (χ4v) is 8.71. The van der Waals surface area contributed by atoms with Crippen molar-refractivity contribution in [3.05, 3.63) is 108 Å². The van der Waals surface area contributed by atoms with Gasteiger partial charge in [0.1, 0.15) is 0 Å². The fourth-order valence-electron chi connectivity index (χ4n) is 4.02. The largest absolute Gasteiger partial charge is 3.00 e. The predicted octanol–water partition coefficient (Wildman–Crippen LogP) is 5.15. The Morgan fingerprint density at radius 2 is 1.09 bits per heavy atom. The Bertz CT molecular complexity index is 998. The van der Waals surface area contributed by atoms with E-state index in [1.54, 1.807) is 28.2 Å². The van der Waals surface area contributed by atoms with Gasteiger partial charge in [-0.15, -0.1) is 34.8 Å². The number of hydrogen-bond donors (Lipinski definition) is 1. The van der Waals surface area contributed by atoms with Crippen molar-refractivity contribution < 1.29 is 21.1 Å². The fraction of sp³-hybridized carbons (Fsp3) is 0.276. The molecule has 0 aliphatic heterocycles. The zero-order valence-electron chi connectivity index (χ0n) is 21.5. The molecule has 1 radical (unpaired) electrons. The number of nitrogens with zero attached hydrogens (tertiary/aromatic N) is 2. The summed E-state index contributed by atoms with van der Waals surface area (Å²) in [4.78, 5) is 4.12. The number of nitrogens with one attached hydrogen (secondary N) is 1. The molecule has 0 saturated heterocycles. The zero-order chi connectivity index (χ0) is 24.3. The maximum absolute atomic E-state index is 4.12. The van der Waals surface area contributed by atoms with Crippen LogP contribution in [-0.2, 0) is 21.1 Å². The molecule has 0 amide bonds. The summed E-state index contributed by atoms with van der Waals surface area (Å²) >= 11 is 0. The average molecular weight is 553 g/mol. The number of rotatable bonds is 4. The maximum atomic E-state index is 4.12. The van der Waals surface area contributed by atoms with Crippen molar-refractivity contribution >= 4 is 34.6 Å². The van der Waals surface area contributed by atoms with Crippen LogP contribution in [0.15, 0.2) is 97.1 Å². The number of fused-ring (bicyclic) bond motifs is 1. The Hall–Kier alpha value is -1.94. The van der Waals surface area contributed by atoms with E-state index in [9.17, 15) is 0 Å².